The fourth-order valence-corrected chi connectivity index (χ4v) is 1.03. The van der Waals surface area contributed by atoms with Crippen LogP contribution in [0.5, 0.6) is 0 Å². The molecule has 0 bridgehead atoms. The largest absolute Gasteiger partial charge is 0.399 e. The molecule has 4 N–H and O–H groups in total. The van der Waals surface area contributed by atoms with Crippen LogP contribution >= 0.6 is 0 Å². The Kier molecular flexibility index (Phi) is 2.33. The van der Waals surface area contributed by atoms with Gasteiger partial charge in [-0.1, -0.05) is 6.92 Å². The first-order chi connectivity index (χ1) is 5.65. The van der Waals surface area contributed by atoms with E-state index in [-0.39, 0.29) is 5.78 Å². The van der Waals surface area contributed by atoms with E-state index < -0.39 is 0 Å². The Morgan fingerprint density at radius 3 is 2.58 bits per heavy atom. The number of nitrogen functional groups attached to an aromatic ring is 2. The highest BCUT2D eigenvalue weighted by molar-refractivity contribution is 6.01. The smallest absolute Gasteiger partial charge is 0.164 e. The quantitative estimate of drug-likeness (QED) is 0.513. The van der Waals surface area contributed by atoms with Crippen molar-refractivity contribution in [2.45, 2.75) is 13.3 Å². The SMILES string of the molecule is CCC(=O)c1ccc(N)cc1N. The van der Waals surface area contributed by atoms with Crippen LogP contribution in [0.1, 0.15) is 23.7 Å². The number of benzene rings is 1. The molecule has 0 saturated heterocycles. The predicted octanol–water partition coefficient (Wildman–Crippen LogP) is 1.44. The molecule has 0 saturated carbocycles. The van der Waals surface area contributed by atoms with E-state index in [0.29, 0.717) is 23.4 Å². The van der Waals surface area contributed by atoms with Crippen molar-refractivity contribution in [3.8, 4) is 0 Å². The molecule has 0 aliphatic rings. The van der Waals surface area contributed by atoms with Gasteiger partial charge in [0.25, 0.3) is 0 Å². The maximum atomic E-state index is 11.2. The van der Waals surface area contributed by atoms with Gasteiger partial charge in [0.15, 0.2) is 5.78 Å². The number of ketones is 1. The number of carbonyl (C=O) groups is 1. The normalized spacial score (nSPS) is 9.75. The minimum Gasteiger partial charge on any atom is -0.399 e. The Labute approximate surface area is 71.4 Å². The number of carbonyl (C=O) groups excluding carboxylic acids is 1. The molecule has 1 aromatic carbocycles. The van der Waals surface area contributed by atoms with E-state index in [1.54, 1.807) is 25.1 Å². The third-order valence-electron chi connectivity index (χ3n) is 1.70. The zero-order valence-corrected chi connectivity index (χ0v) is 7.00. The van der Waals surface area contributed by atoms with Gasteiger partial charge in [-0.3, -0.25) is 4.79 Å². The van der Waals surface area contributed by atoms with E-state index in [4.69, 9.17) is 11.5 Å². The van der Waals surface area contributed by atoms with E-state index in [1.807, 2.05) is 0 Å². The molecule has 1 aromatic rings. The first kappa shape index (κ1) is 8.59. The van der Waals surface area contributed by atoms with Crippen molar-refractivity contribution >= 4 is 17.2 Å². The van der Waals surface area contributed by atoms with Gasteiger partial charge in [-0.2, -0.15) is 0 Å². The Morgan fingerprint density at radius 2 is 2.08 bits per heavy atom. The lowest BCUT2D eigenvalue weighted by molar-refractivity contribution is 0.0989. The zero-order valence-electron chi connectivity index (χ0n) is 7.00. The van der Waals surface area contributed by atoms with Gasteiger partial charge < -0.3 is 11.5 Å². The number of nitrogens with two attached hydrogens (primary N) is 2. The Morgan fingerprint density at radius 1 is 1.42 bits per heavy atom. The van der Waals surface area contributed by atoms with Gasteiger partial charge in [-0.25, -0.2) is 0 Å². The van der Waals surface area contributed by atoms with Crippen molar-refractivity contribution in [1.82, 2.24) is 0 Å². The second-order valence-corrected chi connectivity index (χ2v) is 2.62. The van der Waals surface area contributed by atoms with E-state index >= 15 is 0 Å². The molecule has 0 radical (unpaired) electrons. The molecule has 0 heterocycles. The van der Waals surface area contributed by atoms with Crippen LogP contribution in [0.15, 0.2) is 18.2 Å². The molecule has 1 rings (SSSR count). The molecular weight excluding hydrogens is 152 g/mol. The summed E-state index contributed by atoms with van der Waals surface area (Å²) >= 11 is 0. The average Bonchev–Trinajstić information content (AvgIpc) is 2.03. The van der Waals surface area contributed by atoms with Crippen LogP contribution in [0.2, 0.25) is 0 Å². The van der Waals surface area contributed by atoms with Gasteiger partial charge in [0.2, 0.25) is 0 Å². The number of hydrogen-bond acceptors (Lipinski definition) is 3. The van der Waals surface area contributed by atoms with Crippen molar-refractivity contribution in [2.24, 2.45) is 0 Å². The summed E-state index contributed by atoms with van der Waals surface area (Å²) in [7, 11) is 0. The lowest BCUT2D eigenvalue weighted by atomic mass is 10.1. The van der Waals surface area contributed by atoms with Gasteiger partial charge in [-0.15, -0.1) is 0 Å². The van der Waals surface area contributed by atoms with Crippen LogP contribution in [0, 0.1) is 0 Å². The molecule has 0 aliphatic carbocycles. The summed E-state index contributed by atoms with van der Waals surface area (Å²) in [5.41, 5.74) is 12.7. The minimum atomic E-state index is 0.0486. The van der Waals surface area contributed by atoms with E-state index in [0.717, 1.165) is 0 Å². The third-order valence-corrected chi connectivity index (χ3v) is 1.70. The standard InChI is InChI=1S/C9H12N2O/c1-2-9(12)7-4-3-6(10)5-8(7)11/h3-5H,2,10-11H2,1H3. The lowest BCUT2D eigenvalue weighted by Gasteiger charge is -2.03. The highest BCUT2D eigenvalue weighted by atomic mass is 16.1. The van der Waals surface area contributed by atoms with Crippen LogP contribution in [-0.4, -0.2) is 5.78 Å². The maximum Gasteiger partial charge on any atom is 0.164 e. The summed E-state index contributed by atoms with van der Waals surface area (Å²) < 4.78 is 0. The molecule has 0 aliphatic heterocycles. The number of Topliss-reactive ketones (excluding diaryl/α,β-unsaturated/α-hetero) is 1. The number of rotatable bonds is 2. The summed E-state index contributed by atoms with van der Waals surface area (Å²) in [5, 5.41) is 0. The minimum absolute atomic E-state index is 0.0486. The van der Waals surface area contributed by atoms with Crippen LogP contribution in [0.4, 0.5) is 11.4 Å². The molecule has 3 nitrogen and oxygen atoms in total. The molecule has 0 aromatic heterocycles. The van der Waals surface area contributed by atoms with Gasteiger partial charge in [0.1, 0.15) is 0 Å². The first-order valence-electron chi connectivity index (χ1n) is 3.83. The van der Waals surface area contributed by atoms with Crippen LogP contribution in [0.3, 0.4) is 0 Å². The lowest BCUT2D eigenvalue weighted by Crippen LogP contribution is -2.02. The van der Waals surface area contributed by atoms with Crippen molar-refractivity contribution in [3.05, 3.63) is 23.8 Å². The molecule has 0 amide bonds. The Bertz CT molecular complexity index is 307. The average molecular weight is 164 g/mol. The summed E-state index contributed by atoms with van der Waals surface area (Å²) in [6, 6.07) is 4.94. The summed E-state index contributed by atoms with van der Waals surface area (Å²) in [4.78, 5) is 11.2. The van der Waals surface area contributed by atoms with Crippen LogP contribution in [0.25, 0.3) is 0 Å². The highest BCUT2D eigenvalue weighted by Crippen LogP contribution is 2.16. The third kappa shape index (κ3) is 1.56. The predicted molar refractivity (Wildman–Crippen MR) is 49.9 cm³/mol. The van der Waals surface area contributed by atoms with Gasteiger partial charge in [0, 0.05) is 23.4 Å². The van der Waals surface area contributed by atoms with Crippen LogP contribution < -0.4 is 11.5 Å². The van der Waals surface area contributed by atoms with Crippen molar-refractivity contribution in [3.63, 3.8) is 0 Å². The second kappa shape index (κ2) is 3.26. The molecule has 0 unspecified atom stereocenters. The molecule has 12 heavy (non-hydrogen) atoms. The molecule has 64 valence electrons. The zero-order chi connectivity index (χ0) is 9.14. The first-order valence-corrected chi connectivity index (χ1v) is 3.83. The fourth-order valence-electron chi connectivity index (χ4n) is 1.03. The number of hydrogen-bond donors (Lipinski definition) is 2. The molecule has 0 spiro atoms. The summed E-state index contributed by atoms with van der Waals surface area (Å²) in [5.74, 6) is 0.0486. The van der Waals surface area contributed by atoms with E-state index in [9.17, 15) is 4.79 Å². The van der Waals surface area contributed by atoms with Crippen LogP contribution in [-0.2, 0) is 0 Å². The second-order valence-electron chi connectivity index (χ2n) is 2.62. The molecule has 3 heteroatoms. The highest BCUT2D eigenvalue weighted by Gasteiger charge is 2.06. The molecule has 0 fully saturated rings. The maximum absolute atomic E-state index is 11.2. The van der Waals surface area contributed by atoms with Crippen molar-refractivity contribution in [1.29, 1.82) is 0 Å². The van der Waals surface area contributed by atoms with Crippen molar-refractivity contribution in [2.75, 3.05) is 11.5 Å². The Balaban J connectivity index is 3.09. The van der Waals surface area contributed by atoms with Gasteiger partial charge in [-0.05, 0) is 18.2 Å². The topological polar surface area (TPSA) is 69.1 Å². The van der Waals surface area contributed by atoms with Crippen molar-refractivity contribution < 1.29 is 4.79 Å². The number of anilines is 2. The van der Waals surface area contributed by atoms with Gasteiger partial charge in [0.05, 0.1) is 0 Å². The fraction of sp³-hybridized carbons (Fsp3) is 0.222. The Hall–Kier alpha value is -1.51. The summed E-state index contributed by atoms with van der Waals surface area (Å²) in [6.45, 7) is 1.80. The van der Waals surface area contributed by atoms with E-state index in [2.05, 4.69) is 0 Å². The van der Waals surface area contributed by atoms with Gasteiger partial charge >= 0.3 is 0 Å². The monoisotopic (exact) mass is 164 g/mol. The summed E-state index contributed by atoms with van der Waals surface area (Å²) in [6.07, 6.45) is 0.466. The van der Waals surface area contributed by atoms with E-state index in [1.165, 1.54) is 0 Å². The molecule has 0 atom stereocenters. The molecular formula is C9H12N2O.